The Morgan fingerprint density at radius 1 is 1.03 bits per heavy atom. The summed E-state index contributed by atoms with van der Waals surface area (Å²) >= 11 is 6.13. The van der Waals surface area contributed by atoms with E-state index in [1.807, 2.05) is 0 Å². The molecule has 0 fully saturated rings. The largest absolute Gasteiger partial charge is 0.495 e. The van der Waals surface area contributed by atoms with Crippen molar-refractivity contribution >= 4 is 29.4 Å². The Balaban J connectivity index is 2.21. The lowest BCUT2D eigenvalue weighted by atomic mass is 10.0. The molecule has 0 spiro atoms. The van der Waals surface area contributed by atoms with Crippen LogP contribution in [0.5, 0.6) is 5.75 Å². The predicted octanol–water partition coefficient (Wildman–Crippen LogP) is 2.44. The number of benzene rings is 2. The van der Waals surface area contributed by atoms with Gasteiger partial charge in [0, 0.05) is 19.8 Å². The van der Waals surface area contributed by atoms with E-state index in [-0.39, 0.29) is 18.4 Å². The van der Waals surface area contributed by atoms with Gasteiger partial charge in [0.1, 0.15) is 23.7 Å². The van der Waals surface area contributed by atoms with Gasteiger partial charge in [0.25, 0.3) is 0 Å². The summed E-state index contributed by atoms with van der Waals surface area (Å²) in [5.41, 5.74) is 0.916. The number of hydrogen-bond acceptors (Lipinski definition) is 5. The van der Waals surface area contributed by atoms with Crippen molar-refractivity contribution in [2.45, 2.75) is 31.8 Å². The van der Waals surface area contributed by atoms with Crippen LogP contribution >= 0.6 is 11.6 Å². The summed E-state index contributed by atoms with van der Waals surface area (Å²) in [5.74, 6) is -1.81. The Morgan fingerprint density at radius 3 is 2.32 bits per heavy atom. The molecule has 166 valence electrons. The second kappa shape index (κ2) is 11.3. The fourth-order valence-corrected chi connectivity index (χ4v) is 3.30. The number of carbonyl (C=O) groups excluding carboxylic acids is 3. The lowest BCUT2D eigenvalue weighted by molar-refractivity contribution is -0.145. The normalized spacial score (nSPS) is 12.4. The van der Waals surface area contributed by atoms with Crippen LogP contribution in [0.3, 0.4) is 0 Å². The molecule has 0 aliphatic rings. The molecule has 2 aromatic carbocycles. The summed E-state index contributed by atoms with van der Waals surface area (Å²) in [4.78, 5) is 36.8. The summed E-state index contributed by atoms with van der Waals surface area (Å²) in [5, 5.41) is 5.44. The van der Waals surface area contributed by atoms with Crippen LogP contribution < -0.4 is 15.4 Å². The monoisotopic (exact) mass is 450 g/mol. The maximum Gasteiger partial charge on any atom is 0.328 e. The van der Waals surface area contributed by atoms with Gasteiger partial charge in [-0.3, -0.25) is 9.59 Å². The molecular formula is C22H24ClFN2O5. The standard InChI is InChI=1S/C22H24ClFN2O5/c1-13(27)25-18(12-15-6-4-5-7-17(15)24)21(28)26-19(22(29)31-3)11-14-8-9-20(30-2)16(23)10-14/h4-10,18-19H,11-12H2,1-3H3,(H,25,27)(H,26,28)/t18-,19+/m1/s1. The second-order valence-corrected chi connectivity index (χ2v) is 7.21. The van der Waals surface area contributed by atoms with E-state index in [4.69, 9.17) is 21.1 Å². The molecule has 0 unspecified atom stereocenters. The number of hydrogen-bond donors (Lipinski definition) is 2. The molecule has 0 aromatic heterocycles. The van der Waals surface area contributed by atoms with E-state index < -0.39 is 35.7 Å². The third-order valence-electron chi connectivity index (χ3n) is 4.53. The second-order valence-electron chi connectivity index (χ2n) is 6.81. The van der Waals surface area contributed by atoms with Crippen molar-refractivity contribution in [3.05, 3.63) is 64.4 Å². The molecule has 2 amide bonds. The van der Waals surface area contributed by atoms with Gasteiger partial charge in [-0.05, 0) is 29.3 Å². The Morgan fingerprint density at radius 2 is 1.74 bits per heavy atom. The average molecular weight is 451 g/mol. The summed E-state index contributed by atoms with van der Waals surface area (Å²) in [6.07, 6.45) is 0.00889. The predicted molar refractivity (Wildman–Crippen MR) is 113 cm³/mol. The molecule has 2 rings (SSSR count). The molecule has 2 aromatic rings. The van der Waals surface area contributed by atoms with Crippen molar-refractivity contribution in [1.29, 1.82) is 0 Å². The van der Waals surface area contributed by atoms with Gasteiger partial charge in [-0.25, -0.2) is 9.18 Å². The maximum atomic E-state index is 14.0. The lowest BCUT2D eigenvalue weighted by Crippen LogP contribution is -2.53. The lowest BCUT2D eigenvalue weighted by Gasteiger charge is -2.22. The first kappa shape index (κ1) is 24.1. The van der Waals surface area contributed by atoms with E-state index in [0.717, 1.165) is 0 Å². The Labute approximate surface area is 184 Å². The van der Waals surface area contributed by atoms with Crippen molar-refractivity contribution in [2.24, 2.45) is 0 Å². The summed E-state index contributed by atoms with van der Waals surface area (Å²) in [7, 11) is 2.68. The number of rotatable bonds is 9. The number of amides is 2. The molecule has 7 nitrogen and oxygen atoms in total. The van der Waals surface area contributed by atoms with E-state index in [9.17, 15) is 18.8 Å². The molecule has 0 bridgehead atoms. The third-order valence-corrected chi connectivity index (χ3v) is 4.83. The van der Waals surface area contributed by atoms with Crippen molar-refractivity contribution in [3.8, 4) is 5.75 Å². The fraction of sp³-hybridized carbons (Fsp3) is 0.318. The molecule has 0 heterocycles. The van der Waals surface area contributed by atoms with Gasteiger partial charge >= 0.3 is 5.97 Å². The quantitative estimate of drug-likeness (QED) is 0.572. The van der Waals surface area contributed by atoms with E-state index in [2.05, 4.69) is 10.6 Å². The first-order chi connectivity index (χ1) is 14.7. The zero-order valence-corrected chi connectivity index (χ0v) is 18.2. The van der Waals surface area contributed by atoms with E-state index in [1.54, 1.807) is 24.3 Å². The van der Waals surface area contributed by atoms with Crippen LogP contribution in [-0.2, 0) is 32.0 Å². The molecule has 0 aliphatic heterocycles. The van der Waals surface area contributed by atoms with Crippen molar-refractivity contribution < 1.29 is 28.2 Å². The number of methoxy groups -OCH3 is 2. The summed E-state index contributed by atoms with van der Waals surface area (Å²) < 4.78 is 24.0. The van der Waals surface area contributed by atoms with Gasteiger partial charge in [0.2, 0.25) is 11.8 Å². The zero-order valence-electron chi connectivity index (χ0n) is 17.4. The summed E-state index contributed by atoms with van der Waals surface area (Å²) in [6.45, 7) is 1.25. The van der Waals surface area contributed by atoms with Gasteiger partial charge in [0.05, 0.1) is 19.2 Å². The highest BCUT2D eigenvalue weighted by Gasteiger charge is 2.28. The average Bonchev–Trinajstić information content (AvgIpc) is 2.73. The van der Waals surface area contributed by atoms with E-state index >= 15 is 0 Å². The Kier molecular flexibility index (Phi) is 8.81. The Hall–Kier alpha value is -3.13. The third kappa shape index (κ3) is 6.96. The summed E-state index contributed by atoms with van der Waals surface area (Å²) in [6, 6.07) is 8.79. The minimum atomic E-state index is -1.08. The number of halogens is 2. The van der Waals surface area contributed by atoms with Crippen LogP contribution in [0.15, 0.2) is 42.5 Å². The molecule has 0 saturated heterocycles. The molecule has 0 aliphatic carbocycles. The van der Waals surface area contributed by atoms with Gasteiger partial charge in [-0.15, -0.1) is 0 Å². The van der Waals surface area contributed by atoms with Crippen LogP contribution in [0.1, 0.15) is 18.1 Å². The maximum absolute atomic E-state index is 14.0. The molecule has 0 saturated carbocycles. The molecule has 0 radical (unpaired) electrons. The van der Waals surface area contributed by atoms with Gasteiger partial charge < -0.3 is 20.1 Å². The number of esters is 1. The number of ether oxygens (including phenoxy) is 2. The van der Waals surface area contributed by atoms with Crippen molar-refractivity contribution in [3.63, 3.8) is 0 Å². The zero-order chi connectivity index (χ0) is 23.0. The smallest absolute Gasteiger partial charge is 0.328 e. The highest BCUT2D eigenvalue weighted by atomic mass is 35.5. The molecular weight excluding hydrogens is 427 g/mol. The van der Waals surface area contributed by atoms with Gasteiger partial charge in [0.15, 0.2) is 0 Å². The molecule has 2 atom stereocenters. The fourth-order valence-electron chi connectivity index (χ4n) is 3.02. The van der Waals surface area contributed by atoms with Gasteiger partial charge in [-0.1, -0.05) is 35.9 Å². The SMILES string of the molecule is COC(=O)[C@H](Cc1ccc(OC)c(Cl)c1)NC(=O)[C@@H](Cc1ccccc1F)NC(C)=O. The number of carbonyl (C=O) groups is 3. The molecule has 9 heteroatoms. The van der Waals surface area contributed by atoms with Crippen molar-refractivity contribution in [1.82, 2.24) is 10.6 Å². The van der Waals surface area contributed by atoms with Crippen LogP contribution in [0.25, 0.3) is 0 Å². The molecule has 2 N–H and O–H groups in total. The molecule has 31 heavy (non-hydrogen) atoms. The van der Waals surface area contributed by atoms with Crippen molar-refractivity contribution in [2.75, 3.05) is 14.2 Å². The minimum Gasteiger partial charge on any atom is -0.495 e. The Bertz CT molecular complexity index is 953. The highest BCUT2D eigenvalue weighted by molar-refractivity contribution is 6.32. The minimum absolute atomic E-state index is 0.0830. The van der Waals surface area contributed by atoms with Crippen LogP contribution in [0.4, 0.5) is 4.39 Å². The van der Waals surface area contributed by atoms with Gasteiger partial charge in [-0.2, -0.15) is 0 Å². The van der Waals surface area contributed by atoms with Crippen LogP contribution in [0.2, 0.25) is 5.02 Å². The first-order valence-corrected chi connectivity index (χ1v) is 9.84. The highest BCUT2D eigenvalue weighted by Crippen LogP contribution is 2.25. The van der Waals surface area contributed by atoms with Crippen LogP contribution in [-0.4, -0.2) is 44.1 Å². The topological polar surface area (TPSA) is 93.7 Å². The van der Waals surface area contributed by atoms with E-state index in [0.29, 0.717) is 16.3 Å². The van der Waals surface area contributed by atoms with Crippen LogP contribution in [0, 0.1) is 5.82 Å². The number of nitrogens with one attached hydrogen (secondary N) is 2. The van der Waals surface area contributed by atoms with E-state index in [1.165, 1.54) is 39.3 Å². The first-order valence-electron chi connectivity index (χ1n) is 9.46.